The Labute approximate surface area is 179 Å². The number of nitrogens with zero attached hydrogens (tertiary/aromatic N) is 3. The molecule has 12 heteroatoms. The van der Waals surface area contributed by atoms with Gasteiger partial charge in [-0.25, -0.2) is 22.9 Å². The summed E-state index contributed by atoms with van der Waals surface area (Å²) in [4.78, 5) is 17.8. The molecule has 2 N–H and O–H groups in total. The third-order valence-electron chi connectivity index (χ3n) is 4.11. The van der Waals surface area contributed by atoms with E-state index in [2.05, 4.69) is 19.8 Å². The number of aromatic nitrogens is 4. The fourth-order valence-electron chi connectivity index (χ4n) is 2.80. The maximum Gasteiger partial charge on any atom is 0.511 e. The van der Waals surface area contributed by atoms with Crippen LogP contribution >= 0.6 is 23.2 Å². The SMILES string of the molecule is O=C(O)Oc1cnn(-c2nc3cc(Cl)c(S(=O)(=O)Cc4ccc(Cl)cc4)cc3[nH]2)c1. The molecule has 0 amide bonds. The van der Waals surface area contributed by atoms with Crippen molar-refractivity contribution in [3.63, 3.8) is 0 Å². The summed E-state index contributed by atoms with van der Waals surface area (Å²) in [6.45, 7) is 0. The van der Waals surface area contributed by atoms with Crippen molar-refractivity contribution in [3.05, 3.63) is 64.4 Å². The van der Waals surface area contributed by atoms with Crippen molar-refractivity contribution in [2.45, 2.75) is 10.6 Å². The summed E-state index contributed by atoms with van der Waals surface area (Å²) in [6, 6.07) is 9.33. The summed E-state index contributed by atoms with van der Waals surface area (Å²) < 4.78 is 31.6. The van der Waals surface area contributed by atoms with Gasteiger partial charge in [0, 0.05) is 5.02 Å². The van der Waals surface area contributed by atoms with Gasteiger partial charge in [-0.15, -0.1) is 0 Å². The van der Waals surface area contributed by atoms with Gasteiger partial charge in [0.2, 0.25) is 5.95 Å². The number of halogens is 2. The van der Waals surface area contributed by atoms with E-state index in [-0.39, 0.29) is 27.4 Å². The Morgan fingerprint density at radius 2 is 1.93 bits per heavy atom. The first-order valence-corrected chi connectivity index (χ1v) is 10.7. The minimum Gasteiger partial charge on any atom is -0.449 e. The smallest absolute Gasteiger partial charge is 0.449 e. The number of rotatable bonds is 5. The predicted molar refractivity (Wildman–Crippen MR) is 109 cm³/mol. The Bertz CT molecular complexity index is 1360. The van der Waals surface area contributed by atoms with Crippen molar-refractivity contribution in [2.75, 3.05) is 0 Å². The van der Waals surface area contributed by atoms with Crippen molar-refractivity contribution in [2.24, 2.45) is 0 Å². The third-order valence-corrected chi connectivity index (χ3v) is 6.51. The Kier molecular flexibility index (Phi) is 5.14. The largest absolute Gasteiger partial charge is 0.511 e. The van der Waals surface area contributed by atoms with Gasteiger partial charge in [0.1, 0.15) is 0 Å². The number of benzene rings is 2. The molecule has 0 aliphatic rings. The molecular formula is C18H12Cl2N4O5S. The Balaban J connectivity index is 1.68. The van der Waals surface area contributed by atoms with E-state index in [9.17, 15) is 13.2 Å². The molecule has 2 heterocycles. The summed E-state index contributed by atoms with van der Waals surface area (Å²) in [5, 5.41) is 13.2. The monoisotopic (exact) mass is 466 g/mol. The maximum atomic E-state index is 12.9. The number of sulfone groups is 1. The van der Waals surface area contributed by atoms with E-state index in [1.54, 1.807) is 24.3 Å². The zero-order chi connectivity index (χ0) is 21.5. The molecule has 4 rings (SSSR count). The van der Waals surface area contributed by atoms with Gasteiger partial charge in [-0.05, 0) is 29.8 Å². The van der Waals surface area contributed by atoms with Gasteiger partial charge >= 0.3 is 6.16 Å². The highest BCUT2D eigenvalue weighted by molar-refractivity contribution is 7.90. The normalized spacial score (nSPS) is 11.7. The van der Waals surface area contributed by atoms with Gasteiger partial charge in [0.25, 0.3) is 0 Å². The highest BCUT2D eigenvalue weighted by Crippen LogP contribution is 2.30. The Morgan fingerprint density at radius 3 is 2.63 bits per heavy atom. The molecule has 0 spiro atoms. The lowest BCUT2D eigenvalue weighted by Crippen LogP contribution is -2.05. The molecule has 154 valence electrons. The Morgan fingerprint density at radius 1 is 1.20 bits per heavy atom. The van der Waals surface area contributed by atoms with Crippen LogP contribution in [0.4, 0.5) is 4.79 Å². The topological polar surface area (TPSA) is 127 Å². The second-order valence-electron chi connectivity index (χ2n) is 6.23. The fraction of sp³-hybridized carbons (Fsp3) is 0.0556. The first-order valence-electron chi connectivity index (χ1n) is 8.33. The molecule has 0 atom stereocenters. The third kappa shape index (κ3) is 4.11. The van der Waals surface area contributed by atoms with Gasteiger partial charge in [-0.3, -0.25) is 0 Å². The molecule has 0 bridgehead atoms. The van der Waals surface area contributed by atoms with Crippen LogP contribution in [0.5, 0.6) is 5.75 Å². The maximum absolute atomic E-state index is 12.9. The number of nitrogens with one attached hydrogen (secondary N) is 1. The summed E-state index contributed by atoms with van der Waals surface area (Å²) in [5.74, 6) is -0.00778. The number of ether oxygens (including phenoxy) is 1. The van der Waals surface area contributed by atoms with Crippen molar-refractivity contribution >= 4 is 50.2 Å². The second kappa shape index (κ2) is 7.63. The van der Waals surface area contributed by atoms with Crippen LogP contribution in [0.25, 0.3) is 17.0 Å². The molecule has 0 unspecified atom stereocenters. The summed E-state index contributed by atoms with van der Waals surface area (Å²) in [6.07, 6.45) is 1.04. The lowest BCUT2D eigenvalue weighted by Gasteiger charge is -2.07. The van der Waals surface area contributed by atoms with Crippen LogP contribution in [0, 0.1) is 0 Å². The van der Waals surface area contributed by atoms with Crippen LogP contribution in [-0.4, -0.2) is 39.4 Å². The number of hydrogen-bond donors (Lipinski definition) is 2. The number of carbonyl (C=O) groups is 1. The summed E-state index contributed by atoms with van der Waals surface area (Å²) >= 11 is 12.1. The molecule has 0 aliphatic carbocycles. The molecule has 0 aliphatic heterocycles. The highest BCUT2D eigenvalue weighted by atomic mass is 35.5. The molecule has 0 saturated carbocycles. The molecule has 4 aromatic rings. The number of fused-ring (bicyclic) bond motifs is 1. The first kappa shape index (κ1) is 20.2. The standard InChI is InChI=1S/C18H12Cl2N4O5S/c19-11-3-1-10(2-4-11)9-30(27,28)16-6-15-14(5-13(16)20)22-17(23-15)24-8-12(7-21-24)29-18(25)26/h1-8H,9H2,(H,22,23)(H,25,26). The van der Waals surface area contributed by atoms with Gasteiger partial charge < -0.3 is 14.8 Å². The van der Waals surface area contributed by atoms with E-state index in [4.69, 9.17) is 28.3 Å². The van der Waals surface area contributed by atoms with E-state index in [0.29, 0.717) is 21.6 Å². The zero-order valence-electron chi connectivity index (χ0n) is 14.9. The minimum absolute atomic E-state index is 0.00669. The number of hydrogen-bond acceptors (Lipinski definition) is 6. The number of carboxylic acid groups (broad SMARTS) is 1. The van der Waals surface area contributed by atoms with Gasteiger partial charge in [0.15, 0.2) is 15.6 Å². The van der Waals surface area contributed by atoms with Crippen LogP contribution in [-0.2, 0) is 15.6 Å². The van der Waals surface area contributed by atoms with E-state index < -0.39 is 16.0 Å². The molecule has 0 saturated heterocycles. The van der Waals surface area contributed by atoms with E-state index >= 15 is 0 Å². The van der Waals surface area contributed by atoms with Crippen molar-refractivity contribution in [1.29, 1.82) is 0 Å². The van der Waals surface area contributed by atoms with Crippen LogP contribution in [0.3, 0.4) is 0 Å². The van der Waals surface area contributed by atoms with Gasteiger partial charge in [0.05, 0.1) is 39.1 Å². The number of aromatic amines is 1. The summed E-state index contributed by atoms with van der Waals surface area (Å²) in [7, 11) is -3.74. The summed E-state index contributed by atoms with van der Waals surface area (Å²) in [5.41, 5.74) is 1.40. The zero-order valence-corrected chi connectivity index (χ0v) is 17.2. The van der Waals surface area contributed by atoms with Gasteiger partial charge in [-0.2, -0.15) is 5.10 Å². The highest BCUT2D eigenvalue weighted by Gasteiger charge is 2.21. The molecule has 2 aromatic heterocycles. The number of H-pyrrole nitrogens is 1. The predicted octanol–water partition coefficient (Wildman–Crippen LogP) is 4.09. The van der Waals surface area contributed by atoms with Crippen molar-refractivity contribution in [1.82, 2.24) is 19.7 Å². The van der Waals surface area contributed by atoms with Crippen LogP contribution < -0.4 is 4.74 Å². The van der Waals surface area contributed by atoms with Crippen LogP contribution in [0.15, 0.2) is 53.7 Å². The molecule has 30 heavy (non-hydrogen) atoms. The second-order valence-corrected chi connectivity index (χ2v) is 9.04. The molecule has 0 radical (unpaired) electrons. The minimum atomic E-state index is -3.74. The molecule has 0 fully saturated rings. The van der Waals surface area contributed by atoms with E-state index in [1.807, 2.05) is 0 Å². The lowest BCUT2D eigenvalue weighted by molar-refractivity contribution is 0.144. The number of imidazole rings is 1. The van der Waals surface area contributed by atoms with Crippen molar-refractivity contribution in [3.8, 4) is 11.7 Å². The van der Waals surface area contributed by atoms with E-state index in [1.165, 1.54) is 29.2 Å². The average Bonchev–Trinajstić information content (AvgIpc) is 3.28. The van der Waals surface area contributed by atoms with Gasteiger partial charge in [-0.1, -0.05) is 35.3 Å². The van der Waals surface area contributed by atoms with Crippen LogP contribution in [0.2, 0.25) is 10.0 Å². The fourth-order valence-corrected chi connectivity index (χ4v) is 4.88. The van der Waals surface area contributed by atoms with E-state index in [0.717, 1.165) is 0 Å². The first-order chi connectivity index (χ1) is 14.2. The molecular weight excluding hydrogens is 455 g/mol. The lowest BCUT2D eigenvalue weighted by atomic mass is 10.2. The Hall–Kier alpha value is -3.08. The van der Waals surface area contributed by atoms with Crippen LogP contribution in [0.1, 0.15) is 5.56 Å². The average molecular weight is 467 g/mol. The van der Waals surface area contributed by atoms with Crippen molar-refractivity contribution < 1.29 is 23.1 Å². The molecule has 9 nitrogen and oxygen atoms in total. The molecule has 2 aromatic carbocycles. The quantitative estimate of drug-likeness (QED) is 0.424.